The van der Waals surface area contributed by atoms with Crippen molar-refractivity contribution in [3.63, 3.8) is 0 Å². The molecule has 4 heteroatoms. The van der Waals surface area contributed by atoms with Crippen molar-refractivity contribution in [3.8, 4) is 0 Å². The van der Waals surface area contributed by atoms with Crippen LogP contribution >= 0.6 is 11.3 Å². The molecule has 1 aromatic heterocycles. The lowest BCUT2D eigenvalue weighted by molar-refractivity contribution is -0.00000101. The molecule has 1 aliphatic carbocycles. The maximum Gasteiger partial charge on any atom is 0.0926 e. The molecular formula is C13H21NO2S. The average Bonchev–Trinajstić information content (AvgIpc) is 2.85. The van der Waals surface area contributed by atoms with Crippen molar-refractivity contribution >= 4 is 11.3 Å². The normalized spacial score (nSPS) is 25.1. The van der Waals surface area contributed by atoms with Crippen LogP contribution in [0.15, 0.2) is 5.38 Å². The first-order chi connectivity index (χ1) is 8.31. The maximum atomic E-state index is 9.07. The highest BCUT2D eigenvalue weighted by Gasteiger charge is 2.21. The number of aromatic nitrogens is 1. The predicted molar refractivity (Wildman–Crippen MR) is 69.1 cm³/mol. The highest BCUT2D eigenvalue weighted by atomic mass is 32.1. The molecule has 1 N–H and O–H groups in total. The molecule has 2 rings (SSSR count). The number of aliphatic hydroxyl groups is 1. The molecule has 1 saturated carbocycles. The van der Waals surface area contributed by atoms with E-state index in [1.165, 1.54) is 5.01 Å². The van der Waals surface area contributed by atoms with Crippen LogP contribution in [0.1, 0.15) is 43.3 Å². The Kier molecular flexibility index (Phi) is 4.95. The molecule has 96 valence electrons. The van der Waals surface area contributed by atoms with Gasteiger partial charge in [-0.3, -0.25) is 0 Å². The predicted octanol–water partition coefficient (Wildman–Crippen LogP) is 2.77. The summed E-state index contributed by atoms with van der Waals surface area (Å²) in [4.78, 5) is 4.50. The lowest BCUT2D eigenvalue weighted by atomic mass is 9.88. The lowest BCUT2D eigenvalue weighted by Crippen LogP contribution is -2.23. The third-order valence-corrected chi connectivity index (χ3v) is 4.46. The van der Waals surface area contributed by atoms with Crippen LogP contribution < -0.4 is 0 Å². The van der Waals surface area contributed by atoms with E-state index in [1.807, 2.05) is 0 Å². The third kappa shape index (κ3) is 3.76. The fraction of sp³-hybridized carbons (Fsp3) is 0.769. The molecule has 1 fully saturated rings. The second-order valence-electron chi connectivity index (χ2n) is 4.72. The second-order valence-corrected chi connectivity index (χ2v) is 5.67. The van der Waals surface area contributed by atoms with E-state index in [4.69, 9.17) is 9.84 Å². The summed E-state index contributed by atoms with van der Waals surface area (Å²) in [6.45, 7) is 3.10. The zero-order chi connectivity index (χ0) is 12.1. The Morgan fingerprint density at radius 3 is 2.76 bits per heavy atom. The van der Waals surface area contributed by atoms with Crippen molar-refractivity contribution in [3.05, 3.63) is 16.1 Å². The highest BCUT2D eigenvalue weighted by Crippen LogP contribution is 2.26. The zero-order valence-electron chi connectivity index (χ0n) is 10.4. The van der Waals surface area contributed by atoms with Crippen LogP contribution in [0, 0.1) is 5.92 Å². The molecule has 0 saturated heterocycles. The minimum atomic E-state index is 0.332. The van der Waals surface area contributed by atoms with Gasteiger partial charge in [0, 0.05) is 12.0 Å². The number of thiazole rings is 1. The van der Waals surface area contributed by atoms with Gasteiger partial charge in [-0.25, -0.2) is 4.98 Å². The summed E-state index contributed by atoms with van der Waals surface area (Å²) in [5, 5.41) is 12.3. The van der Waals surface area contributed by atoms with E-state index in [0.717, 1.165) is 37.8 Å². The minimum Gasteiger partial charge on any atom is -0.396 e. The number of hydrogen-bond acceptors (Lipinski definition) is 4. The molecule has 3 nitrogen and oxygen atoms in total. The third-order valence-electron chi connectivity index (χ3n) is 3.42. The van der Waals surface area contributed by atoms with Gasteiger partial charge in [0.05, 0.1) is 23.4 Å². The van der Waals surface area contributed by atoms with Gasteiger partial charge in [-0.2, -0.15) is 0 Å². The van der Waals surface area contributed by atoms with Crippen molar-refractivity contribution in [2.75, 3.05) is 6.61 Å². The van der Waals surface area contributed by atoms with Crippen LogP contribution in [0.25, 0.3) is 0 Å². The maximum absolute atomic E-state index is 9.07. The van der Waals surface area contributed by atoms with Gasteiger partial charge in [-0.1, -0.05) is 6.92 Å². The Labute approximate surface area is 107 Å². The molecule has 1 heterocycles. The molecule has 17 heavy (non-hydrogen) atoms. The molecule has 0 atom stereocenters. The molecule has 0 unspecified atom stereocenters. The van der Waals surface area contributed by atoms with Gasteiger partial charge >= 0.3 is 0 Å². The highest BCUT2D eigenvalue weighted by molar-refractivity contribution is 7.09. The SMILES string of the molecule is CCc1nc(COC2CCC(CO)CC2)cs1. The first kappa shape index (κ1) is 13.0. The largest absolute Gasteiger partial charge is 0.396 e. The first-order valence-corrected chi connectivity index (χ1v) is 7.35. The molecule has 0 radical (unpaired) electrons. The summed E-state index contributed by atoms with van der Waals surface area (Å²) in [6.07, 6.45) is 5.72. The average molecular weight is 255 g/mol. The molecule has 0 bridgehead atoms. The van der Waals surface area contributed by atoms with Crippen molar-refractivity contribution in [2.24, 2.45) is 5.92 Å². The first-order valence-electron chi connectivity index (χ1n) is 6.47. The molecule has 1 aliphatic rings. The van der Waals surface area contributed by atoms with Gasteiger partial charge in [0.1, 0.15) is 0 Å². The Balaban J connectivity index is 1.72. The number of aryl methyl sites for hydroxylation is 1. The van der Waals surface area contributed by atoms with Crippen LogP contribution in [0.4, 0.5) is 0 Å². The monoisotopic (exact) mass is 255 g/mol. The fourth-order valence-corrected chi connectivity index (χ4v) is 2.99. The molecule has 1 aromatic rings. The van der Waals surface area contributed by atoms with E-state index in [9.17, 15) is 0 Å². The second kappa shape index (κ2) is 6.47. The van der Waals surface area contributed by atoms with E-state index in [0.29, 0.717) is 25.2 Å². The quantitative estimate of drug-likeness (QED) is 0.879. The summed E-state index contributed by atoms with van der Waals surface area (Å²) in [5.74, 6) is 0.501. The number of rotatable bonds is 5. The van der Waals surface area contributed by atoms with Crippen molar-refractivity contribution < 1.29 is 9.84 Å². The smallest absolute Gasteiger partial charge is 0.0926 e. The Bertz CT molecular complexity index is 332. The van der Waals surface area contributed by atoms with Crippen LogP contribution in [0.2, 0.25) is 0 Å². The van der Waals surface area contributed by atoms with Gasteiger partial charge in [0.15, 0.2) is 0 Å². The van der Waals surface area contributed by atoms with Gasteiger partial charge in [0.25, 0.3) is 0 Å². The summed E-state index contributed by atoms with van der Waals surface area (Å²) in [6, 6.07) is 0. The van der Waals surface area contributed by atoms with Crippen LogP contribution in [0.3, 0.4) is 0 Å². The van der Waals surface area contributed by atoms with Gasteiger partial charge < -0.3 is 9.84 Å². The van der Waals surface area contributed by atoms with Gasteiger partial charge in [0.2, 0.25) is 0 Å². The van der Waals surface area contributed by atoms with E-state index in [-0.39, 0.29) is 0 Å². The van der Waals surface area contributed by atoms with Gasteiger partial charge in [-0.15, -0.1) is 11.3 Å². The van der Waals surface area contributed by atoms with E-state index in [2.05, 4.69) is 17.3 Å². The molecular weight excluding hydrogens is 234 g/mol. The Morgan fingerprint density at radius 2 is 2.18 bits per heavy atom. The van der Waals surface area contributed by atoms with Crippen LogP contribution in [-0.4, -0.2) is 22.8 Å². The minimum absolute atomic E-state index is 0.332. The van der Waals surface area contributed by atoms with E-state index < -0.39 is 0 Å². The van der Waals surface area contributed by atoms with Gasteiger partial charge in [-0.05, 0) is 38.0 Å². The topological polar surface area (TPSA) is 42.4 Å². The Hall–Kier alpha value is -0.450. The van der Waals surface area contributed by atoms with Crippen molar-refractivity contribution in [2.45, 2.75) is 51.7 Å². The zero-order valence-corrected chi connectivity index (χ0v) is 11.2. The fourth-order valence-electron chi connectivity index (χ4n) is 2.26. The summed E-state index contributed by atoms with van der Waals surface area (Å²) < 4.78 is 5.88. The standard InChI is InChI=1S/C13H21NO2S/c1-2-13-14-11(9-17-13)8-16-12-5-3-10(7-15)4-6-12/h9-10,12,15H,2-8H2,1H3. The lowest BCUT2D eigenvalue weighted by Gasteiger charge is -2.27. The summed E-state index contributed by atoms with van der Waals surface area (Å²) in [5.41, 5.74) is 1.07. The van der Waals surface area contributed by atoms with E-state index in [1.54, 1.807) is 11.3 Å². The Morgan fingerprint density at radius 1 is 1.41 bits per heavy atom. The number of nitrogens with zero attached hydrogens (tertiary/aromatic N) is 1. The van der Waals surface area contributed by atoms with Crippen LogP contribution in [-0.2, 0) is 17.8 Å². The summed E-state index contributed by atoms with van der Waals surface area (Å²) in [7, 11) is 0. The molecule has 0 spiro atoms. The van der Waals surface area contributed by atoms with E-state index >= 15 is 0 Å². The number of aliphatic hydroxyl groups excluding tert-OH is 1. The molecule has 0 aliphatic heterocycles. The molecule has 0 amide bonds. The molecule has 0 aromatic carbocycles. The van der Waals surface area contributed by atoms with Crippen molar-refractivity contribution in [1.82, 2.24) is 4.98 Å². The van der Waals surface area contributed by atoms with Crippen LogP contribution in [0.5, 0.6) is 0 Å². The number of hydrogen-bond donors (Lipinski definition) is 1. The van der Waals surface area contributed by atoms with Crippen molar-refractivity contribution in [1.29, 1.82) is 0 Å². The number of ether oxygens (including phenoxy) is 1. The summed E-state index contributed by atoms with van der Waals surface area (Å²) >= 11 is 1.72.